The standard InChI is InChI=1S/C16H24N2O3/c1-10(2)7-14(15(17)19)18-16(20)21-9-13-6-5-11(3)12(4)8-13/h5-6,8,10,14H,7,9H2,1-4H3,(H2,17,19)(H,18,20)/t14-/m0/s1. The zero-order valence-corrected chi connectivity index (χ0v) is 13.1. The molecule has 1 aromatic carbocycles. The van der Waals surface area contributed by atoms with Crippen LogP contribution in [0.25, 0.3) is 0 Å². The molecule has 1 atom stereocenters. The maximum atomic E-state index is 11.7. The highest BCUT2D eigenvalue weighted by Crippen LogP contribution is 2.11. The van der Waals surface area contributed by atoms with E-state index in [-0.39, 0.29) is 12.5 Å². The number of rotatable bonds is 6. The number of hydrogen-bond donors (Lipinski definition) is 2. The van der Waals surface area contributed by atoms with Crippen molar-refractivity contribution in [1.29, 1.82) is 0 Å². The fraction of sp³-hybridized carbons (Fsp3) is 0.500. The molecule has 0 saturated carbocycles. The molecule has 5 heteroatoms. The van der Waals surface area contributed by atoms with Gasteiger partial charge in [-0.2, -0.15) is 0 Å². The van der Waals surface area contributed by atoms with Crippen molar-refractivity contribution in [1.82, 2.24) is 5.32 Å². The average molecular weight is 292 g/mol. The third kappa shape index (κ3) is 5.85. The molecule has 1 rings (SSSR count). The number of carbonyl (C=O) groups is 2. The number of benzene rings is 1. The molecule has 0 aliphatic rings. The van der Waals surface area contributed by atoms with Crippen LogP contribution in [0.3, 0.4) is 0 Å². The van der Waals surface area contributed by atoms with Crippen LogP contribution in [0.15, 0.2) is 18.2 Å². The highest BCUT2D eigenvalue weighted by molar-refractivity contribution is 5.84. The van der Waals surface area contributed by atoms with Crippen LogP contribution < -0.4 is 11.1 Å². The fourth-order valence-electron chi connectivity index (χ4n) is 1.94. The maximum Gasteiger partial charge on any atom is 0.408 e. The minimum atomic E-state index is -0.697. The van der Waals surface area contributed by atoms with Gasteiger partial charge in [-0.1, -0.05) is 32.0 Å². The molecule has 3 N–H and O–H groups in total. The number of carbonyl (C=O) groups excluding carboxylic acids is 2. The van der Waals surface area contributed by atoms with Gasteiger partial charge in [0.15, 0.2) is 0 Å². The molecule has 21 heavy (non-hydrogen) atoms. The van der Waals surface area contributed by atoms with E-state index in [4.69, 9.17) is 10.5 Å². The summed E-state index contributed by atoms with van der Waals surface area (Å²) in [4.78, 5) is 23.0. The molecule has 0 aromatic heterocycles. The van der Waals surface area contributed by atoms with Crippen LogP contribution in [0.5, 0.6) is 0 Å². The Balaban J connectivity index is 2.52. The summed E-state index contributed by atoms with van der Waals surface area (Å²) in [6.07, 6.45) is -0.133. The second kappa shape index (κ2) is 7.67. The van der Waals surface area contributed by atoms with Crippen LogP contribution in [0, 0.1) is 19.8 Å². The van der Waals surface area contributed by atoms with Gasteiger partial charge in [0, 0.05) is 0 Å². The van der Waals surface area contributed by atoms with Gasteiger partial charge in [-0.25, -0.2) is 4.79 Å². The van der Waals surface area contributed by atoms with Gasteiger partial charge in [-0.05, 0) is 42.9 Å². The Morgan fingerprint density at radius 2 is 1.90 bits per heavy atom. The van der Waals surface area contributed by atoms with Gasteiger partial charge in [0.05, 0.1) is 0 Å². The van der Waals surface area contributed by atoms with E-state index in [0.717, 1.165) is 11.1 Å². The monoisotopic (exact) mass is 292 g/mol. The first-order valence-corrected chi connectivity index (χ1v) is 7.08. The summed E-state index contributed by atoms with van der Waals surface area (Å²) in [6, 6.07) is 5.17. The largest absolute Gasteiger partial charge is 0.445 e. The summed E-state index contributed by atoms with van der Waals surface area (Å²) < 4.78 is 5.13. The minimum Gasteiger partial charge on any atom is -0.445 e. The van der Waals surface area contributed by atoms with Gasteiger partial charge in [0.2, 0.25) is 5.91 Å². The summed E-state index contributed by atoms with van der Waals surface area (Å²) >= 11 is 0. The predicted molar refractivity (Wildman–Crippen MR) is 81.7 cm³/mol. The van der Waals surface area contributed by atoms with E-state index in [1.807, 2.05) is 45.9 Å². The molecule has 0 unspecified atom stereocenters. The van der Waals surface area contributed by atoms with Gasteiger partial charge in [-0.3, -0.25) is 4.79 Å². The molecule has 0 spiro atoms. The number of hydrogen-bond acceptors (Lipinski definition) is 3. The number of amides is 2. The quantitative estimate of drug-likeness (QED) is 0.845. The van der Waals surface area contributed by atoms with E-state index < -0.39 is 18.0 Å². The second-order valence-electron chi connectivity index (χ2n) is 5.72. The topological polar surface area (TPSA) is 81.4 Å². The van der Waals surface area contributed by atoms with Gasteiger partial charge in [0.1, 0.15) is 12.6 Å². The Morgan fingerprint density at radius 3 is 2.43 bits per heavy atom. The lowest BCUT2D eigenvalue weighted by Crippen LogP contribution is -2.45. The van der Waals surface area contributed by atoms with Gasteiger partial charge in [-0.15, -0.1) is 0 Å². The molecule has 0 saturated heterocycles. The Labute approximate surface area is 125 Å². The molecule has 0 fully saturated rings. The van der Waals surface area contributed by atoms with E-state index in [9.17, 15) is 9.59 Å². The van der Waals surface area contributed by atoms with Crippen LogP contribution in [0.1, 0.15) is 37.0 Å². The van der Waals surface area contributed by atoms with Crippen molar-refractivity contribution >= 4 is 12.0 Å². The molecule has 1 aromatic rings. The molecule has 116 valence electrons. The van der Waals surface area contributed by atoms with Crippen LogP contribution in [-0.4, -0.2) is 18.0 Å². The SMILES string of the molecule is Cc1ccc(COC(=O)N[C@@H](CC(C)C)C(N)=O)cc1C. The fourth-order valence-corrected chi connectivity index (χ4v) is 1.94. The van der Waals surface area contributed by atoms with Crippen molar-refractivity contribution < 1.29 is 14.3 Å². The first-order valence-electron chi connectivity index (χ1n) is 7.08. The lowest BCUT2D eigenvalue weighted by atomic mass is 10.0. The van der Waals surface area contributed by atoms with Crippen molar-refractivity contribution in [3.63, 3.8) is 0 Å². The summed E-state index contributed by atoms with van der Waals surface area (Å²) in [6.45, 7) is 8.11. The zero-order valence-electron chi connectivity index (χ0n) is 13.1. The molecular weight excluding hydrogens is 268 g/mol. The second-order valence-corrected chi connectivity index (χ2v) is 5.72. The van der Waals surface area contributed by atoms with Crippen LogP contribution in [0.2, 0.25) is 0 Å². The molecule has 5 nitrogen and oxygen atoms in total. The highest BCUT2D eigenvalue weighted by atomic mass is 16.5. The van der Waals surface area contributed by atoms with Gasteiger partial charge < -0.3 is 15.8 Å². The van der Waals surface area contributed by atoms with E-state index >= 15 is 0 Å². The summed E-state index contributed by atoms with van der Waals surface area (Å²) in [7, 11) is 0. The lowest BCUT2D eigenvalue weighted by Gasteiger charge is -2.17. The minimum absolute atomic E-state index is 0.167. The van der Waals surface area contributed by atoms with E-state index in [1.54, 1.807) is 0 Å². The third-order valence-electron chi connectivity index (χ3n) is 3.28. The molecule has 0 aliphatic carbocycles. The third-order valence-corrected chi connectivity index (χ3v) is 3.28. The Kier molecular flexibility index (Phi) is 6.21. The Bertz CT molecular complexity index is 512. The Morgan fingerprint density at radius 1 is 1.24 bits per heavy atom. The molecule has 0 heterocycles. The number of alkyl carbamates (subject to hydrolysis) is 1. The van der Waals surface area contributed by atoms with E-state index in [2.05, 4.69) is 5.32 Å². The van der Waals surface area contributed by atoms with Crippen molar-refractivity contribution in [2.75, 3.05) is 0 Å². The average Bonchev–Trinajstić information content (AvgIpc) is 2.38. The molecule has 0 bridgehead atoms. The molecular formula is C16H24N2O3. The number of ether oxygens (including phenoxy) is 1. The van der Waals surface area contributed by atoms with Crippen LogP contribution in [-0.2, 0) is 16.1 Å². The Hall–Kier alpha value is -2.04. The van der Waals surface area contributed by atoms with Gasteiger partial charge >= 0.3 is 6.09 Å². The first kappa shape index (κ1) is 17.0. The van der Waals surface area contributed by atoms with Crippen molar-refractivity contribution in [3.05, 3.63) is 34.9 Å². The highest BCUT2D eigenvalue weighted by Gasteiger charge is 2.19. The number of aryl methyl sites for hydroxylation is 2. The molecule has 2 amide bonds. The number of nitrogens with one attached hydrogen (secondary N) is 1. The maximum absolute atomic E-state index is 11.7. The van der Waals surface area contributed by atoms with Gasteiger partial charge in [0.25, 0.3) is 0 Å². The van der Waals surface area contributed by atoms with E-state index in [0.29, 0.717) is 6.42 Å². The molecule has 0 aliphatic heterocycles. The first-order chi connectivity index (χ1) is 9.79. The van der Waals surface area contributed by atoms with Crippen LogP contribution >= 0.6 is 0 Å². The van der Waals surface area contributed by atoms with Crippen molar-refractivity contribution in [2.24, 2.45) is 11.7 Å². The predicted octanol–water partition coefficient (Wildman–Crippen LogP) is 2.43. The summed E-state index contributed by atoms with van der Waals surface area (Å²) in [5, 5.41) is 2.51. The lowest BCUT2D eigenvalue weighted by molar-refractivity contribution is -0.120. The number of primary amides is 1. The van der Waals surface area contributed by atoms with E-state index in [1.165, 1.54) is 5.56 Å². The normalized spacial score (nSPS) is 12.0. The smallest absolute Gasteiger partial charge is 0.408 e. The summed E-state index contributed by atoms with van der Waals surface area (Å²) in [5.41, 5.74) is 8.51. The van der Waals surface area contributed by atoms with Crippen molar-refractivity contribution in [3.8, 4) is 0 Å². The van der Waals surface area contributed by atoms with Crippen LogP contribution in [0.4, 0.5) is 4.79 Å². The molecule has 0 radical (unpaired) electrons. The van der Waals surface area contributed by atoms with Crippen molar-refractivity contribution in [2.45, 2.75) is 46.8 Å². The number of nitrogens with two attached hydrogens (primary N) is 1. The zero-order chi connectivity index (χ0) is 16.0. The summed E-state index contributed by atoms with van der Waals surface area (Å²) in [5.74, 6) is -0.297.